The van der Waals surface area contributed by atoms with Gasteiger partial charge in [-0.05, 0) is 43.9 Å². The van der Waals surface area contributed by atoms with Crippen molar-refractivity contribution < 1.29 is 0 Å². The second-order valence-electron chi connectivity index (χ2n) is 5.50. The molecule has 1 aliphatic heterocycles. The van der Waals surface area contributed by atoms with Gasteiger partial charge in [0.05, 0.1) is 0 Å². The van der Waals surface area contributed by atoms with Crippen LogP contribution in [0.4, 0.5) is 5.69 Å². The van der Waals surface area contributed by atoms with Gasteiger partial charge in [0.25, 0.3) is 0 Å². The summed E-state index contributed by atoms with van der Waals surface area (Å²) in [7, 11) is 0. The van der Waals surface area contributed by atoms with E-state index in [2.05, 4.69) is 43.0 Å². The Morgan fingerprint density at radius 2 is 1.94 bits per heavy atom. The SMILES string of the molecule is CCC(N)c1ccc(N2CCCCCC2C)cc1. The van der Waals surface area contributed by atoms with Crippen molar-refractivity contribution in [2.75, 3.05) is 11.4 Å². The van der Waals surface area contributed by atoms with E-state index in [1.807, 2.05) is 0 Å². The van der Waals surface area contributed by atoms with E-state index in [4.69, 9.17) is 5.73 Å². The van der Waals surface area contributed by atoms with Crippen LogP contribution in [0.25, 0.3) is 0 Å². The number of hydrogen-bond donors (Lipinski definition) is 1. The zero-order valence-corrected chi connectivity index (χ0v) is 11.7. The Morgan fingerprint density at radius 3 is 2.61 bits per heavy atom. The molecule has 18 heavy (non-hydrogen) atoms. The van der Waals surface area contributed by atoms with Crippen molar-refractivity contribution in [1.29, 1.82) is 0 Å². The van der Waals surface area contributed by atoms with Crippen LogP contribution in [0, 0.1) is 0 Å². The van der Waals surface area contributed by atoms with Crippen molar-refractivity contribution in [3.05, 3.63) is 29.8 Å². The van der Waals surface area contributed by atoms with Gasteiger partial charge < -0.3 is 10.6 Å². The summed E-state index contributed by atoms with van der Waals surface area (Å²) in [5, 5.41) is 0. The van der Waals surface area contributed by atoms with Gasteiger partial charge in [-0.15, -0.1) is 0 Å². The first kappa shape index (κ1) is 13.4. The molecule has 2 rings (SSSR count). The summed E-state index contributed by atoms with van der Waals surface area (Å²) in [6, 6.07) is 9.72. The molecule has 2 N–H and O–H groups in total. The summed E-state index contributed by atoms with van der Waals surface area (Å²) >= 11 is 0. The van der Waals surface area contributed by atoms with Gasteiger partial charge in [-0.1, -0.05) is 31.9 Å². The Morgan fingerprint density at radius 1 is 1.22 bits per heavy atom. The molecule has 1 heterocycles. The van der Waals surface area contributed by atoms with E-state index in [-0.39, 0.29) is 6.04 Å². The monoisotopic (exact) mass is 246 g/mol. The van der Waals surface area contributed by atoms with Crippen LogP contribution in [0.2, 0.25) is 0 Å². The molecule has 2 unspecified atom stereocenters. The maximum Gasteiger partial charge on any atom is 0.0368 e. The summed E-state index contributed by atoms with van der Waals surface area (Å²) in [5.41, 5.74) is 8.67. The van der Waals surface area contributed by atoms with Crippen LogP contribution < -0.4 is 10.6 Å². The summed E-state index contributed by atoms with van der Waals surface area (Å²) in [6.45, 7) is 5.67. The Kier molecular flexibility index (Phi) is 4.65. The maximum atomic E-state index is 6.06. The number of hydrogen-bond acceptors (Lipinski definition) is 2. The highest BCUT2D eigenvalue weighted by Crippen LogP contribution is 2.25. The standard InChI is InChI=1S/C16H26N2/c1-3-16(17)14-8-10-15(11-9-14)18-12-6-4-5-7-13(18)2/h8-11,13,16H,3-7,12,17H2,1-2H3. The quantitative estimate of drug-likeness (QED) is 0.877. The van der Waals surface area contributed by atoms with E-state index in [0.29, 0.717) is 6.04 Å². The Balaban J connectivity index is 2.12. The predicted octanol–water partition coefficient (Wildman–Crippen LogP) is 3.87. The highest BCUT2D eigenvalue weighted by molar-refractivity contribution is 5.49. The number of anilines is 1. The smallest absolute Gasteiger partial charge is 0.0368 e. The first-order valence-electron chi connectivity index (χ1n) is 7.34. The van der Waals surface area contributed by atoms with Crippen LogP contribution in [-0.4, -0.2) is 12.6 Å². The van der Waals surface area contributed by atoms with Crippen molar-refractivity contribution in [2.45, 2.75) is 58.0 Å². The fourth-order valence-corrected chi connectivity index (χ4v) is 2.81. The van der Waals surface area contributed by atoms with Gasteiger partial charge in [0, 0.05) is 24.3 Å². The topological polar surface area (TPSA) is 29.3 Å². The van der Waals surface area contributed by atoms with Gasteiger partial charge in [0.1, 0.15) is 0 Å². The van der Waals surface area contributed by atoms with E-state index in [1.165, 1.54) is 43.5 Å². The average molecular weight is 246 g/mol. The maximum absolute atomic E-state index is 6.06. The van der Waals surface area contributed by atoms with Gasteiger partial charge in [0.2, 0.25) is 0 Å². The van der Waals surface area contributed by atoms with Gasteiger partial charge in [-0.2, -0.15) is 0 Å². The summed E-state index contributed by atoms with van der Waals surface area (Å²) in [4.78, 5) is 2.55. The summed E-state index contributed by atoms with van der Waals surface area (Å²) < 4.78 is 0. The lowest BCUT2D eigenvalue weighted by molar-refractivity contribution is 0.616. The van der Waals surface area contributed by atoms with Gasteiger partial charge in [0.15, 0.2) is 0 Å². The van der Waals surface area contributed by atoms with E-state index in [1.54, 1.807) is 0 Å². The number of rotatable bonds is 3. The van der Waals surface area contributed by atoms with Crippen molar-refractivity contribution in [3.8, 4) is 0 Å². The summed E-state index contributed by atoms with van der Waals surface area (Å²) in [5.74, 6) is 0. The molecule has 2 atom stereocenters. The largest absolute Gasteiger partial charge is 0.369 e. The molecule has 0 aromatic heterocycles. The molecular weight excluding hydrogens is 220 g/mol. The normalized spacial score (nSPS) is 22.6. The first-order chi connectivity index (χ1) is 8.72. The predicted molar refractivity (Wildman–Crippen MR) is 78.9 cm³/mol. The fraction of sp³-hybridized carbons (Fsp3) is 0.625. The molecule has 1 aromatic rings. The van der Waals surface area contributed by atoms with Crippen LogP contribution in [0.15, 0.2) is 24.3 Å². The molecule has 1 aromatic carbocycles. The minimum Gasteiger partial charge on any atom is -0.369 e. The van der Waals surface area contributed by atoms with Crippen molar-refractivity contribution in [1.82, 2.24) is 0 Å². The molecule has 1 fully saturated rings. The molecule has 1 saturated heterocycles. The van der Waals surface area contributed by atoms with E-state index in [0.717, 1.165) is 6.42 Å². The zero-order chi connectivity index (χ0) is 13.0. The molecule has 0 radical (unpaired) electrons. The van der Waals surface area contributed by atoms with Crippen molar-refractivity contribution in [3.63, 3.8) is 0 Å². The molecule has 1 aliphatic rings. The van der Waals surface area contributed by atoms with Crippen molar-refractivity contribution in [2.24, 2.45) is 5.73 Å². The van der Waals surface area contributed by atoms with Crippen LogP contribution in [0.5, 0.6) is 0 Å². The highest BCUT2D eigenvalue weighted by Gasteiger charge is 2.17. The van der Waals surface area contributed by atoms with Crippen LogP contribution in [0.1, 0.15) is 57.6 Å². The first-order valence-corrected chi connectivity index (χ1v) is 7.34. The van der Waals surface area contributed by atoms with Gasteiger partial charge in [-0.25, -0.2) is 0 Å². The lowest BCUT2D eigenvalue weighted by Gasteiger charge is -2.29. The molecular formula is C16H26N2. The van der Waals surface area contributed by atoms with Gasteiger partial charge >= 0.3 is 0 Å². The Labute approximate surface area is 111 Å². The third-order valence-corrected chi connectivity index (χ3v) is 4.15. The van der Waals surface area contributed by atoms with Crippen LogP contribution >= 0.6 is 0 Å². The molecule has 0 aliphatic carbocycles. The molecule has 0 bridgehead atoms. The van der Waals surface area contributed by atoms with Crippen LogP contribution in [-0.2, 0) is 0 Å². The number of nitrogens with two attached hydrogens (primary N) is 1. The Bertz CT molecular complexity index is 358. The fourth-order valence-electron chi connectivity index (χ4n) is 2.81. The minimum absolute atomic E-state index is 0.181. The second kappa shape index (κ2) is 6.24. The van der Waals surface area contributed by atoms with E-state index < -0.39 is 0 Å². The Hall–Kier alpha value is -1.02. The lowest BCUT2D eigenvalue weighted by Crippen LogP contribution is -2.32. The number of nitrogens with zero attached hydrogens (tertiary/aromatic N) is 1. The van der Waals surface area contributed by atoms with Gasteiger partial charge in [-0.3, -0.25) is 0 Å². The highest BCUT2D eigenvalue weighted by atomic mass is 15.2. The average Bonchev–Trinajstić information content (AvgIpc) is 2.63. The number of benzene rings is 1. The lowest BCUT2D eigenvalue weighted by atomic mass is 10.0. The third kappa shape index (κ3) is 3.05. The zero-order valence-electron chi connectivity index (χ0n) is 11.7. The second-order valence-corrected chi connectivity index (χ2v) is 5.50. The van der Waals surface area contributed by atoms with E-state index in [9.17, 15) is 0 Å². The molecule has 0 amide bonds. The van der Waals surface area contributed by atoms with E-state index >= 15 is 0 Å². The minimum atomic E-state index is 0.181. The molecule has 2 nitrogen and oxygen atoms in total. The molecule has 0 saturated carbocycles. The molecule has 0 spiro atoms. The third-order valence-electron chi connectivity index (χ3n) is 4.15. The van der Waals surface area contributed by atoms with Crippen LogP contribution in [0.3, 0.4) is 0 Å². The van der Waals surface area contributed by atoms with Crippen molar-refractivity contribution >= 4 is 5.69 Å². The molecule has 100 valence electrons. The summed E-state index contributed by atoms with van der Waals surface area (Å²) in [6.07, 6.45) is 6.38. The molecule has 2 heteroatoms.